The van der Waals surface area contributed by atoms with Gasteiger partial charge < -0.3 is 25.2 Å². The van der Waals surface area contributed by atoms with Crippen molar-refractivity contribution >= 4 is 11.9 Å². The van der Waals surface area contributed by atoms with Crippen molar-refractivity contribution in [2.75, 3.05) is 11.9 Å². The Kier molecular flexibility index (Phi) is 3.99. The average Bonchev–Trinajstić information content (AvgIpc) is 2.66. The van der Waals surface area contributed by atoms with Crippen molar-refractivity contribution in [3.05, 3.63) is 22.7 Å². The highest BCUT2D eigenvalue weighted by Crippen LogP contribution is 2.27. The minimum Gasteiger partial charge on any atom is -0.465 e. The summed E-state index contributed by atoms with van der Waals surface area (Å²) in [6.45, 7) is -0.518. The zero-order valence-corrected chi connectivity index (χ0v) is 10.1. The molecule has 0 aromatic carbocycles. The van der Waals surface area contributed by atoms with Gasteiger partial charge in [0.2, 0.25) is 0 Å². The molecule has 1 fully saturated rings. The van der Waals surface area contributed by atoms with Crippen LogP contribution in [0.2, 0.25) is 0 Å². The highest BCUT2D eigenvalue weighted by Gasteiger charge is 2.43. The number of ether oxygens (including phenoxy) is 1. The Morgan fingerprint density at radius 1 is 1.45 bits per heavy atom. The molecule has 1 aliphatic heterocycles. The first-order valence-electron chi connectivity index (χ1n) is 5.65. The molecule has 10 nitrogen and oxygen atoms in total. The van der Waals surface area contributed by atoms with E-state index in [4.69, 9.17) is 14.9 Å². The van der Waals surface area contributed by atoms with Crippen LogP contribution in [0.25, 0.3) is 0 Å². The number of nitrogens with zero attached hydrogens (tertiary/aromatic N) is 2. The van der Waals surface area contributed by atoms with Crippen molar-refractivity contribution in [3.63, 3.8) is 0 Å². The number of hydrogen-bond donors (Lipinski definition) is 5. The van der Waals surface area contributed by atoms with E-state index in [1.165, 1.54) is 12.3 Å². The zero-order valence-electron chi connectivity index (χ0n) is 10.1. The second kappa shape index (κ2) is 5.54. The van der Waals surface area contributed by atoms with Crippen molar-refractivity contribution in [3.8, 4) is 0 Å². The van der Waals surface area contributed by atoms with Gasteiger partial charge in [0.05, 0.1) is 6.61 Å². The van der Waals surface area contributed by atoms with E-state index < -0.39 is 42.9 Å². The van der Waals surface area contributed by atoms with Crippen LogP contribution in [0.3, 0.4) is 0 Å². The molecule has 1 aromatic rings. The number of aromatic nitrogens is 2. The van der Waals surface area contributed by atoms with Crippen LogP contribution < -0.4 is 11.0 Å². The summed E-state index contributed by atoms with van der Waals surface area (Å²) >= 11 is 0. The number of rotatable bonds is 3. The molecule has 0 radical (unpaired) electrons. The van der Waals surface area contributed by atoms with Crippen LogP contribution >= 0.6 is 0 Å². The second-order valence-corrected chi connectivity index (χ2v) is 4.16. The lowest BCUT2D eigenvalue weighted by Crippen LogP contribution is -2.36. The molecule has 5 N–H and O–H groups in total. The topological polar surface area (TPSA) is 154 Å². The number of amides is 1. The van der Waals surface area contributed by atoms with Crippen LogP contribution in [0.5, 0.6) is 0 Å². The fourth-order valence-electron chi connectivity index (χ4n) is 1.90. The Labute approximate surface area is 111 Å². The Bertz CT molecular complexity index is 560. The van der Waals surface area contributed by atoms with E-state index >= 15 is 0 Å². The van der Waals surface area contributed by atoms with Crippen LogP contribution in [0.15, 0.2) is 17.1 Å². The molecule has 110 valence electrons. The fraction of sp³-hybridized carbons (Fsp3) is 0.500. The first kappa shape index (κ1) is 14.4. The summed E-state index contributed by atoms with van der Waals surface area (Å²) in [5.41, 5.74) is -0.869. The number of aliphatic hydroxyl groups excluding tert-OH is 3. The molecule has 2 rings (SSSR count). The molecule has 0 bridgehead atoms. The minimum absolute atomic E-state index is 0.175. The number of hydrogen-bond acceptors (Lipinski definition) is 7. The lowest BCUT2D eigenvalue weighted by Gasteiger charge is -2.17. The summed E-state index contributed by atoms with van der Waals surface area (Å²) in [6, 6.07) is 1.20. The molecule has 1 aromatic heterocycles. The quantitative estimate of drug-likeness (QED) is 0.425. The van der Waals surface area contributed by atoms with Crippen molar-refractivity contribution in [1.82, 2.24) is 9.55 Å². The Balaban J connectivity index is 2.26. The van der Waals surface area contributed by atoms with Gasteiger partial charge in [0.25, 0.3) is 0 Å². The van der Waals surface area contributed by atoms with Gasteiger partial charge in [-0.3, -0.25) is 9.88 Å². The Morgan fingerprint density at radius 3 is 2.65 bits per heavy atom. The monoisotopic (exact) mass is 287 g/mol. The molecule has 0 spiro atoms. The summed E-state index contributed by atoms with van der Waals surface area (Å²) in [4.78, 5) is 25.6. The van der Waals surface area contributed by atoms with Crippen molar-refractivity contribution < 1.29 is 30.0 Å². The van der Waals surface area contributed by atoms with Gasteiger partial charge in [-0.05, 0) is 6.07 Å². The minimum atomic E-state index is -1.41. The molecule has 0 saturated carbocycles. The van der Waals surface area contributed by atoms with Crippen molar-refractivity contribution in [1.29, 1.82) is 0 Å². The van der Waals surface area contributed by atoms with Gasteiger partial charge in [-0.1, -0.05) is 0 Å². The molecule has 10 heteroatoms. The number of carbonyl (C=O) groups is 1. The van der Waals surface area contributed by atoms with E-state index in [0.717, 1.165) is 4.57 Å². The van der Waals surface area contributed by atoms with Crippen LogP contribution in [0.4, 0.5) is 10.6 Å². The fourth-order valence-corrected chi connectivity index (χ4v) is 1.90. The van der Waals surface area contributed by atoms with Gasteiger partial charge in [0, 0.05) is 6.20 Å². The van der Waals surface area contributed by atoms with E-state index in [0.29, 0.717) is 0 Å². The van der Waals surface area contributed by atoms with Gasteiger partial charge in [-0.25, -0.2) is 9.59 Å². The third-order valence-corrected chi connectivity index (χ3v) is 2.86. The molecular formula is C10H13N3O7. The maximum absolute atomic E-state index is 11.7. The summed E-state index contributed by atoms with van der Waals surface area (Å²) in [5.74, 6) is -0.175. The maximum atomic E-state index is 11.7. The van der Waals surface area contributed by atoms with Gasteiger partial charge in [-0.2, -0.15) is 4.98 Å². The van der Waals surface area contributed by atoms with Crippen molar-refractivity contribution in [2.45, 2.75) is 24.5 Å². The molecule has 0 aliphatic carbocycles. The predicted molar refractivity (Wildman–Crippen MR) is 63.2 cm³/mol. The first-order valence-corrected chi connectivity index (χ1v) is 5.65. The number of carboxylic acid groups (broad SMARTS) is 1. The smallest absolute Gasteiger partial charge is 0.410 e. The molecule has 1 saturated heterocycles. The highest BCUT2D eigenvalue weighted by molar-refractivity contribution is 5.81. The molecule has 4 atom stereocenters. The normalized spacial score (nSPS) is 29.4. The summed E-state index contributed by atoms with van der Waals surface area (Å²) in [5, 5.41) is 38.7. The summed E-state index contributed by atoms with van der Waals surface area (Å²) < 4.78 is 6.06. The van der Waals surface area contributed by atoms with Crippen LogP contribution in [-0.2, 0) is 4.74 Å². The molecule has 0 unspecified atom stereocenters. The summed E-state index contributed by atoms with van der Waals surface area (Å²) in [6.07, 6.45) is -5.18. The van der Waals surface area contributed by atoms with Crippen molar-refractivity contribution in [2.24, 2.45) is 0 Å². The average molecular weight is 287 g/mol. The highest BCUT2D eigenvalue weighted by atomic mass is 16.6. The van der Waals surface area contributed by atoms with E-state index in [-0.39, 0.29) is 5.82 Å². The zero-order chi connectivity index (χ0) is 14.9. The van der Waals surface area contributed by atoms with Gasteiger partial charge in [0.1, 0.15) is 24.1 Å². The van der Waals surface area contributed by atoms with Crippen LogP contribution in [0.1, 0.15) is 6.23 Å². The maximum Gasteiger partial charge on any atom is 0.410 e. The largest absolute Gasteiger partial charge is 0.465 e. The lowest BCUT2D eigenvalue weighted by molar-refractivity contribution is -0.0549. The standard InChI is InChI=1S/C10H13N3O7/c14-3-4-6(15)7(16)8(20-4)13-2-1-5(11-9(13)17)12-10(18)19/h1-2,4,6-8,14-16H,3H2,(H,18,19)(H,11,12,17)/t4-,6-,7+,8-/m1/s1. The third kappa shape index (κ3) is 2.63. The number of nitrogens with one attached hydrogen (secondary N) is 1. The lowest BCUT2D eigenvalue weighted by atomic mass is 10.1. The first-order chi connectivity index (χ1) is 9.43. The molecule has 20 heavy (non-hydrogen) atoms. The van der Waals surface area contributed by atoms with Gasteiger partial charge in [0.15, 0.2) is 6.23 Å². The molecular weight excluding hydrogens is 274 g/mol. The molecule has 2 heterocycles. The Morgan fingerprint density at radius 2 is 2.15 bits per heavy atom. The van der Waals surface area contributed by atoms with Crippen LogP contribution in [-0.4, -0.2) is 61.0 Å². The van der Waals surface area contributed by atoms with Crippen LogP contribution in [0, 0.1) is 0 Å². The third-order valence-electron chi connectivity index (χ3n) is 2.86. The number of aliphatic hydroxyl groups is 3. The molecule has 1 amide bonds. The SMILES string of the molecule is O=C(O)Nc1ccn([C@@H]2O[C@H](CO)[C@@H](O)[C@@H]2O)c(=O)n1. The second-order valence-electron chi connectivity index (χ2n) is 4.16. The van der Waals surface area contributed by atoms with E-state index in [1.807, 2.05) is 5.32 Å². The predicted octanol–water partition coefficient (Wildman–Crippen LogP) is -2.06. The molecule has 1 aliphatic rings. The van der Waals surface area contributed by atoms with E-state index in [9.17, 15) is 19.8 Å². The van der Waals surface area contributed by atoms with E-state index in [2.05, 4.69) is 4.98 Å². The van der Waals surface area contributed by atoms with E-state index in [1.54, 1.807) is 0 Å². The van der Waals surface area contributed by atoms with Gasteiger partial charge in [-0.15, -0.1) is 0 Å². The number of anilines is 1. The van der Waals surface area contributed by atoms with Gasteiger partial charge >= 0.3 is 11.8 Å². The summed E-state index contributed by atoms with van der Waals surface area (Å²) in [7, 11) is 0. The Hall–Kier alpha value is -2.01.